The largest absolute Gasteiger partial charge is 0.484 e. The summed E-state index contributed by atoms with van der Waals surface area (Å²) in [4.78, 5) is 16.6. The van der Waals surface area contributed by atoms with Crippen molar-refractivity contribution < 1.29 is 9.53 Å². The molecule has 134 valence electrons. The lowest BCUT2D eigenvalue weighted by molar-refractivity contribution is -0.123. The number of amides is 1. The Morgan fingerprint density at radius 1 is 1.12 bits per heavy atom. The summed E-state index contributed by atoms with van der Waals surface area (Å²) in [5.41, 5.74) is 4.47. The van der Waals surface area contributed by atoms with Gasteiger partial charge in [-0.1, -0.05) is 36.4 Å². The van der Waals surface area contributed by atoms with E-state index in [1.54, 1.807) is 11.3 Å². The third-order valence-corrected chi connectivity index (χ3v) is 5.01. The van der Waals surface area contributed by atoms with Gasteiger partial charge in [-0.2, -0.15) is 0 Å². The molecule has 26 heavy (non-hydrogen) atoms. The van der Waals surface area contributed by atoms with Gasteiger partial charge in [-0.15, -0.1) is 11.3 Å². The number of ether oxygens (including phenoxy) is 1. The molecule has 1 amide bonds. The molecule has 0 aliphatic heterocycles. The van der Waals surface area contributed by atoms with Gasteiger partial charge < -0.3 is 10.1 Å². The number of thiazole rings is 1. The average Bonchev–Trinajstić information content (AvgIpc) is 3.09. The van der Waals surface area contributed by atoms with E-state index in [-0.39, 0.29) is 12.5 Å². The SMILES string of the molecule is Cc1ccc(OCC(=O)NCc2csc(Cc3ccccc3)n2)cc1C. The summed E-state index contributed by atoms with van der Waals surface area (Å²) in [6.07, 6.45) is 0.815. The number of nitrogens with one attached hydrogen (secondary N) is 1. The van der Waals surface area contributed by atoms with Crippen LogP contribution < -0.4 is 10.1 Å². The minimum absolute atomic E-state index is 0.00348. The van der Waals surface area contributed by atoms with Gasteiger partial charge in [-0.25, -0.2) is 4.98 Å². The topological polar surface area (TPSA) is 51.2 Å². The summed E-state index contributed by atoms with van der Waals surface area (Å²) in [5, 5.41) is 5.89. The van der Waals surface area contributed by atoms with Crippen molar-refractivity contribution >= 4 is 17.2 Å². The summed E-state index contributed by atoms with van der Waals surface area (Å²) >= 11 is 1.62. The van der Waals surface area contributed by atoms with E-state index in [1.807, 2.05) is 55.6 Å². The zero-order valence-electron chi connectivity index (χ0n) is 15.0. The normalized spacial score (nSPS) is 10.5. The monoisotopic (exact) mass is 366 g/mol. The molecule has 0 saturated carbocycles. The Kier molecular flexibility index (Phi) is 6.02. The van der Waals surface area contributed by atoms with Gasteiger partial charge in [0.2, 0.25) is 0 Å². The zero-order valence-corrected chi connectivity index (χ0v) is 15.8. The molecule has 2 aromatic carbocycles. The minimum atomic E-state index is -0.152. The van der Waals surface area contributed by atoms with Gasteiger partial charge in [-0.3, -0.25) is 4.79 Å². The lowest BCUT2D eigenvalue weighted by atomic mass is 10.1. The maximum Gasteiger partial charge on any atom is 0.258 e. The van der Waals surface area contributed by atoms with Crippen molar-refractivity contribution in [2.75, 3.05) is 6.61 Å². The standard InChI is InChI=1S/C21H22N2O2S/c1-15-8-9-19(10-16(15)2)25-13-20(24)22-12-18-14-26-21(23-18)11-17-6-4-3-5-7-17/h3-10,14H,11-13H2,1-2H3,(H,22,24). The van der Waals surface area contributed by atoms with Crippen molar-refractivity contribution in [2.24, 2.45) is 0 Å². The molecule has 0 spiro atoms. The first-order chi connectivity index (χ1) is 12.6. The van der Waals surface area contributed by atoms with Crippen LogP contribution in [0.2, 0.25) is 0 Å². The number of hydrogen-bond acceptors (Lipinski definition) is 4. The maximum absolute atomic E-state index is 12.0. The molecule has 0 atom stereocenters. The van der Waals surface area contributed by atoms with Crippen LogP contribution in [0.1, 0.15) is 27.4 Å². The first-order valence-corrected chi connectivity index (χ1v) is 9.42. The zero-order chi connectivity index (χ0) is 18.4. The number of rotatable bonds is 7. The summed E-state index contributed by atoms with van der Waals surface area (Å²) in [6, 6.07) is 16.1. The second kappa shape index (κ2) is 8.63. The number of carbonyl (C=O) groups is 1. The van der Waals surface area contributed by atoms with Crippen molar-refractivity contribution in [2.45, 2.75) is 26.8 Å². The number of hydrogen-bond donors (Lipinski definition) is 1. The van der Waals surface area contributed by atoms with Gasteiger partial charge in [0.15, 0.2) is 6.61 Å². The van der Waals surface area contributed by atoms with Crippen molar-refractivity contribution in [3.63, 3.8) is 0 Å². The predicted octanol–water partition coefficient (Wildman–Crippen LogP) is 4.05. The van der Waals surface area contributed by atoms with Crippen molar-refractivity contribution in [1.82, 2.24) is 10.3 Å². The number of aryl methyl sites for hydroxylation is 2. The van der Waals surface area contributed by atoms with Gasteiger partial charge in [0.1, 0.15) is 5.75 Å². The highest BCUT2D eigenvalue weighted by Crippen LogP contribution is 2.16. The second-order valence-corrected chi connectivity index (χ2v) is 7.15. The summed E-state index contributed by atoms with van der Waals surface area (Å²) < 4.78 is 5.55. The van der Waals surface area contributed by atoms with Crippen LogP contribution in [0.3, 0.4) is 0 Å². The minimum Gasteiger partial charge on any atom is -0.484 e. The first-order valence-electron chi connectivity index (χ1n) is 8.54. The van der Waals surface area contributed by atoms with Gasteiger partial charge in [-0.05, 0) is 42.7 Å². The average molecular weight is 366 g/mol. The van der Waals surface area contributed by atoms with E-state index in [0.717, 1.165) is 22.7 Å². The number of benzene rings is 2. The molecule has 0 fully saturated rings. The van der Waals surface area contributed by atoms with Crippen LogP contribution >= 0.6 is 11.3 Å². The second-order valence-electron chi connectivity index (χ2n) is 6.21. The Bertz CT molecular complexity index is 875. The van der Waals surface area contributed by atoms with Crippen LogP contribution in [0.5, 0.6) is 5.75 Å². The maximum atomic E-state index is 12.0. The summed E-state index contributed by atoms with van der Waals surface area (Å²) in [6.45, 7) is 4.49. The fourth-order valence-electron chi connectivity index (χ4n) is 2.47. The Balaban J connectivity index is 1.45. The van der Waals surface area contributed by atoms with Gasteiger partial charge in [0.25, 0.3) is 5.91 Å². The Morgan fingerprint density at radius 3 is 2.69 bits per heavy atom. The molecule has 3 aromatic rings. The van der Waals surface area contributed by atoms with Gasteiger partial charge >= 0.3 is 0 Å². The van der Waals surface area contributed by atoms with Crippen molar-refractivity contribution in [3.05, 3.63) is 81.3 Å². The Hall–Kier alpha value is -2.66. The summed E-state index contributed by atoms with van der Waals surface area (Å²) in [5.74, 6) is 0.558. The predicted molar refractivity (Wildman–Crippen MR) is 105 cm³/mol. The van der Waals surface area contributed by atoms with Crippen molar-refractivity contribution in [1.29, 1.82) is 0 Å². The Labute approximate surface area is 157 Å². The molecular formula is C21H22N2O2S. The van der Waals surface area contributed by atoms with Crippen molar-refractivity contribution in [3.8, 4) is 5.75 Å². The van der Waals surface area contributed by atoms with E-state index >= 15 is 0 Å². The molecule has 1 aromatic heterocycles. The molecule has 0 aliphatic rings. The fourth-order valence-corrected chi connectivity index (χ4v) is 3.30. The smallest absolute Gasteiger partial charge is 0.258 e. The van der Waals surface area contributed by atoms with E-state index in [4.69, 9.17) is 4.74 Å². The number of nitrogens with zero attached hydrogens (tertiary/aromatic N) is 1. The highest BCUT2D eigenvalue weighted by molar-refractivity contribution is 7.09. The van der Waals surface area contributed by atoms with E-state index in [9.17, 15) is 4.79 Å². The van der Waals surface area contributed by atoms with E-state index in [2.05, 4.69) is 22.4 Å². The quantitative estimate of drug-likeness (QED) is 0.686. The van der Waals surface area contributed by atoms with Crippen LogP contribution in [-0.2, 0) is 17.8 Å². The Morgan fingerprint density at radius 2 is 1.92 bits per heavy atom. The fraction of sp³-hybridized carbons (Fsp3) is 0.238. The molecule has 5 heteroatoms. The summed E-state index contributed by atoms with van der Waals surface area (Å²) in [7, 11) is 0. The molecule has 0 unspecified atom stereocenters. The third kappa shape index (κ3) is 5.17. The molecule has 4 nitrogen and oxygen atoms in total. The van der Waals surface area contributed by atoms with E-state index in [1.165, 1.54) is 11.1 Å². The van der Waals surface area contributed by atoms with Crippen LogP contribution in [-0.4, -0.2) is 17.5 Å². The molecule has 0 aliphatic carbocycles. The van der Waals surface area contributed by atoms with E-state index in [0.29, 0.717) is 12.3 Å². The third-order valence-electron chi connectivity index (χ3n) is 4.11. The van der Waals surface area contributed by atoms with Gasteiger partial charge in [0, 0.05) is 11.8 Å². The lowest BCUT2D eigenvalue weighted by Gasteiger charge is -2.08. The molecule has 3 rings (SSSR count). The molecule has 1 heterocycles. The van der Waals surface area contributed by atoms with Crippen LogP contribution in [0.25, 0.3) is 0 Å². The first kappa shape index (κ1) is 18.1. The highest BCUT2D eigenvalue weighted by Gasteiger charge is 2.07. The number of carbonyl (C=O) groups excluding carboxylic acids is 1. The van der Waals surface area contributed by atoms with Crippen LogP contribution in [0.15, 0.2) is 53.9 Å². The highest BCUT2D eigenvalue weighted by atomic mass is 32.1. The lowest BCUT2D eigenvalue weighted by Crippen LogP contribution is -2.28. The van der Waals surface area contributed by atoms with Crippen LogP contribution in [0.4, 0.5) is 0 Å². The molecule has 0 bridgehead atoms. The number of aromatic nitrogens is 1. The molecular weight excluding hydrogens is 344 g/mol. The van der Waals surface area contributed by atoms with E-state index < -0.39 is 0 Å². The molecule has 0 radical (unpaired) electrons. The van der Waals surface area contributed by atoms with Gasteiger partial charge in [0.05, 0.1) is 17.2 Å². The van der Waals surface area contributed by atoms with Crippen LogP contribution in [0, 0.1) is 13.8 Å². The molecule has 1 N–H and O–H groups in total. The molecule has 0 saturated heterocycles.